The van der Waals surface area contributed by atoms with Gasteiger partial charge in [-0.15, -0.1) is 0 Å². The van der Waals surface area contributed by atoms with E-state index in [1.54, 1.807) is 6.07 Å². The number of halogens is 1. The lowest BCUT2D eigenvalue weighted by Crippen LogP contribution is -2.55. The molecule has 2 heterocycles. The number of carbonyl (C=O) groups excluding carboxylic acids is 1. The van der Waals surface area contributed by atoms with Crippen molar-refractivity contribution in [3.05, 3.63) is 66.0 Å². The summed E-state index contributed by atoms with van der Waals surface area (Å²) in [4.78, 5) is 19.0. The highest BCUT2D eigenvalue weighted by atomic mass is 19.1. The number of nitrogens with zero attached hydrogens (tertiary/aromatic N) is 3. The predicted molar refractivity (Wildman–Crippen MR) is 113 cm³/mol. The number of amides is 1. The molecule has 0 N–H and O–H groups in total. The molecule has 0 radical (unpaired) electrons. The molecule has 0 spiro atoms. The van der Waals surface area contributed by atoms with Crippen LogP contribution in [0, 0.1) is 17.7 Å². The number of hydrogen-bond acceptors (Lipinski definition) is 3. The molecule has 1 unspecified atom stereocenters. The van der Waals surface area contributed by atoms with E-state index in [1.165, 1.54) is 6.07 Å². The minimum Gasteiger partial charge on any atom is -0.367 e. The number of hydrogen-bond donors (Lipinski definition) is 0. The third-order valence-corrected chi connectivity index (χ3v) is 5.80. The first-order valence-corrected chi connectivity index (χ1v) is 10.3. The molecular weight excluding hydrogens is 365 g/mol. The lowest BCUT2D eigenvalue weighted by atomic mass is 10.0. The van der Waals surface area contributed by atoms with Crippen molar-refractivity contribution >= 4 is 11.6 Å². The van der Waals surface area contributed by atoms with Gasteiger partial charge in [-0.05, 0) is 37.1 Å². The van der Waals surface area contributed by atoms with Crippen LogP contribution in [0.25, 0.3) is 0 Å². The molecule has 2 aromatic carbocycles. The minimum absolute atomic E-state index is 0.0939. The normalized spacial score (nSPS) is 20.1. The molecule has 1 amide bonds. The van der Waals surface area contributed by atoms with Gasteiger partial charge in [-0.2, -0.15) is 0 Å². The third-order valence-electron chi connectivity index (χ3n) is 5.80. The van der Waals surface area contributed by atoms with Gasteiger partial charge in [0.1, 0.15) is 5.82 Å². The first-order chi connectivity index (χ1) is 14.2. The van der Waals surface area contributed by atoms with Gasteiger partial charge in [-0.3, -0.25) is 9.69 Å². The first-order valence-electron chi connectivity index (χ1n) is 10.3. The van der Waals surface area contributed by atoms with E-state index in [-0.39, 0.29) is 11.7 Å². The summed E-state index contributed by atoms with van der Waals surface area (Å²) in [6, 6.07) is 16.9. The van der Waals surface area contributed by atoms with Gasteiger partial charge in [0, 0.05) is 56.8 Å². The Labute approximate surface area is 171 Å². The van der Waals surface area contributed by atoms with Crippen LogP contribution >= 0.6 is 0 Å². The summed E-state index contributed by atoms with van der Waals surface area (Å²) in [6.45, 7) is 4.88. The molecule has 2 fully saturated rings. The van der Waals surface area contributed by atoms with E-state index in [1.807, 2.05) is 47.4 Å². The summed E-state index contributed by atoms with van der Waals surface area (Å²) >= 11 is 0. The topological polar surface area (TPSA) is 26.8 Å². The molecule has 5 heteroatoms. The Morgan fingerprint density at radius 1 is 0.931 bits per heavy atom. The van der Waals surface area contributed by atoms with Crippen molar-refractivity contribution in [3.63, 3.8) is 0 Å². The molecule has 2 aliphatic rings. The Bertz CT molecular complexity index is 897. The van der Waals surface area contributed by atoms with E-state index in [0.29, 0.717) is 11.7 Å². The highest BCUT2D eigenvalue weighted by Gasteiger charge is 2.30. The fourth-order valence-corrected chi connectivity index (χ4v) is 4.20. The second kappa shape index (κ2) is 9.11. The summed E-state index contributed by atoms with van der Waals surface area (Å²) in [5.74, 6) is 5.51. The van der Waals surface area contributed by atoms with E-state index < -0.39 is 0 Å². The average Bonchev–Trinajstić information content (AvgIpc) is 2.79. The molecule has 29 heavy (non-hydrogen) atoms. The SMILES string of the molecule is O=C(C#Cc1ccccc1)N1CCCC(N2CCN(c3ccccc3F)CC2)C1. The number of likely N-dealkylation sites (tertiary alicyclic amines) is 1. The smallest absolute Gasteiger partial charge is 0.298 e. The average molecular weight is 391 g/mol. The van der Waals surface area contributed by atoms with Crippen LogP contribution < -0.4 is 4.90 Å². The van der Waals surface area contributed by atoms with Gasteiger partial charge in [0.25, 0.3) is 5.91 Å². The number of para-hydroxylation sites is 1. The molecular formula is C24H26FN3O. The van der Waals surface area contributed by atoms with Gasteiger partial charge in [0.2, 0.25) is 0 Å². The van der Waals surface area contributed by atoms with Crippen molar-refractivity contribution in [2.75, 3.05) is 44.2 Å². The predicted octanol–water partition coefficient (Wildman–Crippen LogP) is 2.99. The third kappa shape index (κ3) is 4.78. The number of anilines is 1. The number of piperazine rings is 1. The van der Waals surface area contributed by atoms with Crippen molar-refractivity contribution in [2.24, 2.45) is 0 Å². The van der Waals surface area contributed by atoms with E-state index in [2.05, 4.69) is 21.6 Å². The summed E-state index contributed by atoms with van der Waals surface area (Å²) in [5, 5.41) is 0. The second-order valence-corrected chi connectivity index (χ2v) is 7.64. The second-order valence-electron chi connectivity index (χ2n) is 7.64. The van der Waals surface area contributed by atoms with Crippen LogP contribution in [0.4, 0.5) is 10.1 Å². The Kier molecular flexibility index (Phi) is 6.12. The van der Waals surface area contributed by atoms with Gasteiger partial charge in [0.15, 0.2) is 0 Å². The number of carbonyl (C=O) groups is 1. The van der Waals surface area contributed by atoms with Crippen LogP contribution in [-0.4, -0.2) is 61.0 Å². The van der Waals surface area contributed by atoms with E-state index in [0.717, 1.165) is 57.7 Å². The van der Waals surface area contributed by atoms with E-state index in [4.69, 9.17) is 0 Å². The van der Waals surface area contributed by atoms with Crippen LogP contribution in [0.15, 0.2) is 54.6 Å². The first kappa shape index (κ1) is 19.5. The quantitative estimate of drug-likeness (QED) is 0.737. The number of rotatable bonds is 2. The number of benzene rings is 2. The standard InChI is InChI=1S/C24H26FN3O/c25-22-10-4-5-11-23(22)27-17-15-26(16-18-27)21-9-6-14-28(19-21)24(29)13-12-20-7-2-1-3-8-20/h1-5,7-8,10-11,21H,6,9,14-19H2. The van der Waals surface area contributed by atoms with Crippen molar-refractivity contribution in [2.45, 2.75) is 18.9 Å². The van der Waals surface area contributed by atoms with Gasteiger partial charge >= 0.3 is 0 Å². The monoisotopic (exact) mass is 391 g/mol. The van der Waals surface area contributed by atoms with Crippen LogP contribution in [0.2, 0.25) is 0 Å². The fourth-order valence-electron chi connectivity index (χ4n) is 4.20. The number of piperidine rings is 1. The molecule has 0 saturated carbocycles. The van der Waals surface area contributed by atoms with Crippen molar-refractivity contribution in [3.8, 4) is 11.8 Å². The molecule has 4 nitrogen and oxygen atoms in total. The largest absolute Gasteiger partial charge is 0.367 e. The van der Waals surface area contributed by atoms with Crippen molar-refractivity contribution < 1.29 is 9.18 Å². The summed E-state index contributed by atoms with van der Waals surface area (Å²) < 4.78 is 14.0. The molecule has 4 rings (SSSR count). The molecule has 150 valence electrons. The highest BCUT2D eigenvalue weighted by molar-refractivity contribution is 5.94. The van der Waals surface area contributed by atoms with Gasteiger partial charge in [-0.25, -0.2) is 4.39 Å². The van der Waals surface area contributed by atoms with Crippen LogP contribution in [0.5, 0.6) is 0 Å². The summed E-state index contributed by atoms with van der Waals surface area (Å²) in [7, 11) is 0. The van der Waals surface area contributed by atoms with Crippen LogP contribution in [0.3, 0.4) is 0 Å². The molecule has 0 aliphatic carbocycles. The van der Waals surface area contributed by atoms with Crippen molar-refractivity contribution in [1.82, 2.24) is 9.80 Å². The lowest BCUT2D eigenvalue weighted by molar-refractivity contribution is -0.127. The maximum atomic E-state index is 14.0. The van der Waals surface area contributed by atoms with E-state index >= 15 is 0 Å². The summed E-state index contributed by atoms with van der Waals surface area (Å²) in [6.07, 6.45) is 2.09. The van der Waals surface area contributed by atoms with Gasteiger partial charge in [0.05, 0.1) is 5.69 Å². The molecule has 2 saturated heterocycles. The van der Waals surface area contributed by atoms with Crippen LogP contribution in [-0.2, 0) is 4.79 Å². The maximum absolute atomic E-state index is 14.0. The molecule has 1 atom stereocenters. The lowest BCUT2D eigenvalue weighted by Gasteiger charge is -2.43. The summed E-state index contributed by atoms with van der Waals surface area (Å²) in [5.41, 5.74) is 1.54. The zero-order valence-electron chi connectivity index (χ0n) is 16.6. The Hall–Kier alpha value is -2.84. The van der Waals surface area contributed by atoms with E-state index in [9.17, 15) is 9.18 Å². The molecule has 2 aromatic rings. The Morgan fingerprint density at radius 2 is 1.66 bits per heavy atom. The highest BCUT2D eigenvalue weighted by Crippen LogP contribution is 2.23. The molecule has 2 aliphatic heterocycles. The molecule has 0 aromatic heterocycles. The fraction of sp³-hybridized carbons (Fsp3) is 0.375. The minimum atomic E-state index is -0.160. The maximum Gasteiger partial charge on any atom is 0.298 e. The van der Waals surface area contributed by atoms with Gasteiger partial charge in [-0.1, -0.05) is 36.3 Å². The Balaban J connectivity index is 1.33. The van der Waals surface area contributed by atoms with Crippen molar-refractivity contribution in [1.29, 1.82) is 0 Å². The van der Waals surface area contributed by atoms with Gasteiger partial charge < -0.3 is 9.80 Å². The molecule has 0 bridgehead atoms. The zero-order valence-corrected chi connectivity index (χ0v) is 16.6. The Morgan fingerprint density at radius 3 is 2.41 bits per heavy atom. The zero-order chi connectivity index (χ0) is 20.1. The van der Waals surface area contributed by atoms with Crippen LogP contribution in [0.1, 0.15) is 18.4 Å².